The number of carbonyl (C=O) groups excluding carboxylic acids is 1. The molecule has 0 unspecified atom stereocenters. The number of hydrogen-bond donors (Lipinski definition) is 1. The summed E-state index contributed by atoms with van der Waals surface area (Å²) in [6, 6.07) is 2.81. The highest BCUT2D eigenvalue weighted by atomic mass is 79.9. The summed E-state index contributed by atoms with van der Waals surface area (Å²) >= 11 is 3.09. The van der Waals surface area contributed by atoms with Crippen LogP contribution in [0.4, 0.5) is 5.69 Å². The first-order valence-corrected chi connectivity index (χ1v) is 4.47. The first-order chi connectivity index (χ1) is 6.45. The van der Waals surface area contributed by atoms with Crippen LogP contribution in [0.15, 0.2) is 16.6 Å². The summed E-state index contributed by atoms with van der Waals surface area (Å²) in [5, 5.41) is 10.6. The largest absolute Gasteiger partial charge is 0.365 e. The van der Waals surface area contributed by atoms with Crippen LogP contribution in [0.2, 0.25) is 0 Å². The molecule has 6 heteroatoms. The number of hydrogen-bond acceptors (Lipinski definition) is 3. The normalized spacial score (nSPS) is 9.86. The summed E-state index contributed by atoms with van der Waals surface area (Å²) in [6.45, 7) is 1.72. The third kappa shape index (κ3) is 1.74. The Morgan fingerprint density at radius 2 is 2.14 bits per heavy atom. The molecule has 0 bridgehead atoms. The van der Waals surface area contributed by atoms with Crippen LogP contribution in [0, 0.1) is 17.0 Å². The molecule has 0 aliphatic carbocycles. The molecular weight excluding hydrogens is 252 g/mol. The van der Waals surface area contributed by atoms with Gasteiger partial charge in [-0.25, -0.2) is 0 Å². The maximum absolute atomic E-state index is 11.0. The van der Waals surface area contributed by atoms with Crippen LogP contribution in [0.1, 0.15) is 15.9 Å². The molecule has 0 spiro atoms. The fourth-order valence-corrected chi connectivity index (χ4v) is 1.59. The van der Waals surface area contributed by atoms with Crippen molar-refractivity contribution in [1.82, 2.24) is 0 Å². The summed E-state index contributed by atoms with van der Waals surface area (Å²) < 4.78 is 0.374. The lowest BCUT2D eigenvalue weighted by molar-refractivity contribution is -0.385. The Morgan fingerprint density at radius 1 is 1.57 bits per heavy atom. The number of aryl methyl sites for hydroxylation is 1. The van der Waals surface area contributed by atoms with Crippen molar-refractivity contribution in [1.29, 1.82) is 0 Å². The average molecular weight is 259 g/mol. The van der Waals surface area contributed by atoms with E-state index in [1.165, 1.54) is 6.07 Å². The monoisotopic (exact) mass is 258 g/mol. The second-order valence-electron chi connectivity index (χ2n) is 2.71. The zero-order chi connectivity index (χ0) is 10.9. The molecule has 0 aliphatic rings. The van der Waals surface area contributed by atoms with Gasteiger partial charge in [-0.3, -0.25) is 14.9 Å². The van der Waals surface area contributed by atoms with E-state index in [0.29, 0.717) is 4.47 Å². The van der Waals surface area contributed by atoms with E-state index in [4.69, 9.17) is 5.73 Å². The number of carbonyl (C=O) groups is 1. The van der Waals surface area contributed by atoms with Crippen molar-refractivity contribution in [2.24, 2.45) is 5.73 Å². The molecule has 2 N–H and O–H groups in total. The van der Waals surface area contributed by atoms with Gasteiger partial charge in [0.05, 0.1) is 4.92 Å². The van der Waals surface area contributed by atoms with Gasteiger partial charge >= 0.3 is 0 Å². The van der Waals surface area contributed by atoms with Gasteiger partial charge in [-0.1, -0.05) is 6.07 Å². The van der Waals surface area contributed by atoms with Crippen molar-refractivity contribution in [3.63, 3.8) is 0 Å². The van der Waals surface area contributed by atoms with Crippen LogP contribution in [-0.2, 0) is 0 Å². The van der Waals surface area contributed by atoms with Gasteiger partial charge < -0.3 is 5.73 Å². The molecule has 1 amide bonds. The van der Waals surface area contributed by atoms with Crippen LogP contribution >= 0.6 is 15.9 Å². The number of amides is 1. The van der Waals surface area contributed by atoms with Crippen LogP contribution in [-0.4, -0.2) is 10.8 Å². The molecule has 0 fully saturated rings. The number of nitrogens with two attached hydrogens (primary N) is 1. The van der Waals surface area contributed by atoms with Crippen LogP contribution in [0.3, 0.4) is 0 Å². The van der Waals surface area contributed by atoms with Gasteiger partial charge in [0, 0.05) is 10.5 Å². The minimum absolute atomic E-state index is 0.0880. The number of nitro groups is 1. The highest BCUT2D eigenvalue weighted by Crippen LogP contribution is 2.29. The number of nitrogens with zero attached hydrogens (tertiary/aromatic N) is 1. The zero-order valence-corrected chi connectivity index (χ0v) is 8.87. The van der Waals surface area contributed by atoms with Crippen LogP contribution in [0.25, 0.3) is 0 Å². The van der Waals surface area contributed by atoms with E-state index in [2.05, 4.69) is 15.9 Å². The molecule has 1 aromatic carbocycles. The van der Waals surface area contributed by atoms with Gasteiger partial charge in [-0.05, 0) is 28.4 Å². The van der Waals surface area contributed by atoms with Gasteiger partial charge in [-0.15, -0.1) is 0 Å². The van der Waals surface area contributed by atoms with E-state index in [-0.39, 0.29) is 11.3 Å². The second kappa shape index (κ2) is 3.75. The van der Waals surface area contributed by atoms with Gasteiger partial charge in [0.1, 0.15) is 5.56 Å². The molecule has 0 aromatic heterocycles. The van der Waals surface area contributed by atoms with E-state index in [1.54, 1.807) is 13.0 Å². The predicted molar refractivity (Wildman–Crippen MR) is 54.1 cm³/mol. The molecule has 1 rings (SSSR count). The Labute approximate surface area is 88.2 Å². The highest BCUT2D eigenvalue weighted by Gasteiger charge is 2.22. The molecule has 0 heterocycles. The zero-order valence-electron chi connectivity index (χ0n) is 7.28. The Morgan fingerprint density at radius 3 is 2.57 bits per heavy atom. The topological polar surface area (TPSA) is 86.2 Å². The predicted octanol–water partition coefficient (Wildman–Crippen LogP) is 1.76. The third-order valence-electron chi connectivity index (χ3n) is 1.76. The summed E-state index contributed by atoms with van der Waals surface area (Å²) in [6.07, 6.45) is 0. The van der Waals surface area contributed by atoms with E-state index >= 15 is 0 Å². The molecule has 0 radical (unpaired) electrons. The summed E-state index contributed by atoms with van der Waals surface area (Å²) in [7, 11) is 0. The van der Waals surface area contributed by atoms with Gasteiger partial charge in [0.2, 0.25) is 0 Å². The van der Waals surface area contributed by atoms with Crippen molar-refractivity contribution in [2.75, 3.05) is 0 Å². The quantitative estimate of drug-likeness (QED) is 0.648. The van der Waals surface area contributed by atoms with Crippen molar-refractivity contribution in [3.8, 4) is 0 Å². The summed E-state index contributed by atoms with van der Waals surface area (Å²) in [5.74, 6) is -0.813. The third-order valence-corrected chi connectivity index (χ3v) is 2.78. The molecule has 0 saturated carbocycles. The van der Waals surface area contributed by atoms with E-state index in [0.717, 1.165) is 5.56 Å². The molecule has 0 atom stereocenters. The minimum Gasteiger partial charge on any atom is -0.365 e. The molecule has 0 saturated heterocycles. The van der Waals surface area contributed by atoms with E-state index < -0.39 is 10.8 Å². The van der Waals surface area contributed by atoms with Gasteiger partial charge in [0.15, 0.2) is 0 Å². The Kier molecular flexibility index (Phi) is 2.85. The SMILES string of the molecule is Cc1ccc([N+](=O)[O-])c(C(N)=O)c1Br. The average Bonchev–Trinajstić information content (AvgIpc) is 2.08. The number of benzene rings is 1. The first kappa shape index (κ1) is 10.6. The maximum atomic E-state index is 11.0. The molecule has 74 valence electrons. The molecule has 14 heavy (non-hydrogen) atoms. The summed E-state index contributed by atoms with van der Waals surface area (Å²) in [4.78, 5) is 20.9. The van der Waals surface area contributed by atoms with Crippen LogP contribution in [0.5, 0.6) is 0 Å². The van der Waals surface area contributed by atoms with Gasteiger partial charge in [0.25, 0.3) is 11.6 Å². The Balaban J connectivity index is 3.53. The Hall–Kier alpha value is -1.43. The molecular formula is C8H7BrN2O3. The maximum Gasteiger partial charge on any atom is 0.283 e. The smallest absolute Gasteiger partial charge is 0.283 e. The lowest BCUT2D eigenvalue weighted by Crippen LogP contribution is -2.14. The fraction of sp³-hybridized carbons (Fsp3) is 0.125. The van der Waals surface area contributed by atoms with Crippen molar-refractivity contribution < 1.29 is 9.72 Å². The number of primary amides is 1. The van der Waals surface area contributed by atoms with E-state index in [1.807, 2.05) is 0 Å². The van der Waals surface area contributed by atoms with Crippen molar-refractivity contribution >= 4 is 27.5 Å². The minimum atomic E-state index is -0.813. The summed E-state index contributed by atoms with van der Waals surface area (Å²) in [5.41, 5.74) is 5.40. The van der Waals surface area contributed by atoms with Crippen LogP contribution < -0.4 is 5.73 Å². The molecule has 1 aromatic rings. The highest BCUT2D eigenvalue weighted by molar-refractivity contribution is 9.10. The number of halogens is 1. The standard InChI is InChI=1S/C8H7BrN2O3/c1-4-2-3-5(11(13)14)6(7(4)9)8(10)12/h2-3H,1H3,(H2,10,12). The van der Waals surface area contributed by atoms with Crippen molar-refractivity contribution in [2.45, 2.75) is 6.92 Å². The van der Waals surface area contributed by atoms with E-state index in [9.17, 15) is 14.9 Å². The first-order valence-electron chi connectivity index (χ1n) is 3.68. The number of rotatable bonds is 2. The Bertz CT molecular complexity index is 417. The van der Waals surface area contributed by atoms with Crippen molar-refractivity contribution in [3.05, 3.63) is 37.8 Å². The lowest BCUT2D eigenvalue weighted by Gasteiger charge is -2.03. The van der Waals surface area contributed by atoms with Gasteiger partial charge in [-0.2, -0.15) is 0 Å². The molecule has 0 aliphatic heterocycles. The second-order valence-corrected chi connectivity index (χ2v) is 3.50. The molecule has 5 nitrogen and oxygen atoms in total. The number of nitro benzene ring substituents is 1. The fourth-order valence-electron chi connectivity index (χ4n) is 1.06. The lowest BCUT2D eigenvalue weighted by atomic mass is 10.1.